The number of ether oxygens (including phenoxy) is 1. The molecule has 7 nitrogen and oxygen atoms in total. The SMILES string of the molecule is COc1ccc(-c2nc(C(=O)N3CCCCCC3)c([C@H](C)N)o2)c2ccc(C(F)(F)F)nc12. The first-order chi connectivity index (χ1) is 15.7. The van der Waals surface area contributed by atoms with E-state index >= 15 is 0 Å². The van der Waals surface area contributed by atoms with Gasteiger partial charge in [-0.2, -0.15) is 13.2 Å². The molecule has 1 aliphatic rings. The molecule has 1 saturated heterocycles. The van der Waals surface area contributed by atoms with E-state index in [0.29, 0.717) is 24.0 Å². The summed E-state index contributed by atoms with van der Waals surface area (Å²) in [4.78, 5) is 23.2. The number of likely N-dealkylation sites (tertiary alicyclic amines) is 1. The molecule has 176 valence electrons. The third kappa shape index (κ3) is 4.52. The van der Waals surface area contributed by atoms with E-state index in [9.17, 15) is 18.0 Å². The largest absolute Gasteiger partial charge is 0.494 e. The Balaban J connectivity index is 1.83. The standard InChI is InChI=1S/C23H25F3N4O3/c1-13(27)20-19(22(31)30-11-5-3-4-6-12-30)29-21(33-20)15-7-9-16(32-2)18-14(15)8-10-17(28-18)23(24,25)26/h7-10,13H,3-6,11-12,27H2,1-2H3/t13-/m0/s1. The highest BCUT2D eigenvalue weighted by Crippen LogP contribution is 2.37. The van der Waals surface area contributed by atoms with Crippen molar-refractivity contribution >= 4 is 16.8 Å². The molecule has 0 bridgehead atoms. The molecule has 0 unspecified atom stereocenters. The first kappa shape index (κ1) is 23.0. The number of carbonyl (C=O) groups is 1. The van der Waals surface area contributed by atoms with Gasteiger partial charge >= 0.3 is 6.18 Å². The fourth-order valence-electron chi connectivity index (χ4n) is 4.03. The normalized spacial score (nSPS) is 16.0. The molecule has 0 spiro atoms. The second kappa shape index (κ2) is 9.01. The van der Waals surface area contributed by atoms with Gasteiger partial charge in [0.2, 0.25) is 5.89 Å². The minimum absolute atomic E-state index is 0.0192. The molecular formula is C23H25F3N4O3. The van der Waals surface area contributed by atoms with Crippen LogP contribution >= 0.6 is 0 Å². The van der Waals surface area contributed by atoms with Crippen LogP contribution in [0.2, 0.25) is 0 Å². The fraction of sp³-hybridized carbons (Fsp3) is 0.435. The molecule has 1 fully saturated rings. The van der Waals surface area contributed by atoms with E-state index in [1.54, 1.807) is 17.9 Å². The predicted molar refractivity (Wildman–Crippen MR) is 116 cm³/mol. The second-order valence-electron chi connectivity index (χ2n) is 8.13. The van der Waals surface area contributed by atoms with Gasteiger partial charge in [-0.3, -0.25) is 4.79 Å². The summed E-state index contributed by atoms with van der Waals surface area (Å²) in [7, 11) is 1.35. The van der Waals surface area contributed by atoms with Crippen molar-refractivity contribution in [3.05, 3.63) is 41.4 Å². The zero-order valence-corrected chi connectivity index (χ0v) is 18.4. The third-order valence-electron chi connectivity index (χ3n) is 5.72. The summed E-state index contributed by atoms with van der Waals surface area (Å²) in [6, 6.07) is 4.71. The van der Waals surface area contributed by atoms with Gasteiger partial charge in [-0.25, -0.2) is 9.97 Å². The maximum absolute atomic E-state index is 13.2. The van der Waals surface area contributed by atoms with E-state index in [-0.39, 0.29) is 34.5 Å². The molecule has 33 heavy (non-hydrogen) atoms. The summed E-state index contributed by atoms with van der Waals surface area (Å²) in [5, 5.41) is 0.355. The average Bonchev–Trinajstić information content (AvgIpc) is 3.05. The molecular weight excluding hydrogens is 437 g/mol. The van der Waals surface area contributed by atoms with Gasteiger partial charge in [0.1, 0.15) is 17.0 Å². The zero-order valence-electron chi connectivity index (χ0n) is 18.4. The van der Waals surface area contributed by atoms with Gasteiger partial charge in [-0.05, 0) is 44.0 Å². The van der Waals surface area contributed by atoms with E-state index in [0.717, 1.165) is 31.7 Å². The minimum Gasteiger partial charge on any atom is -0.494 e. The molecule has 1 atom stereocenters. The van der Waals surface area contributed by atoms with E-state index < -0.39 is 17.9 Å². The molecule has 4 rings (SSSR count). The molecule has 1 aliphatic heterocycles. The maximum Gasteiger partial charge on any atom is 0.433 e. The first-order valence-electron chi connectivity index (χ1n) is 10.8. The van der Waals surface area contributed by atoms with Crippen molar-refractivity contribution in [2.45, 2.75) is 44.8 Å². The van der Waals surface area contributed by atoms with Gasteiger partial charge in [-0.15, -0.1) is 0 Å². The summed E-state index contributed by atoms with van der Waals surface area (Å²) in [5.74, 6) is 0.256. The van der Waals surface area contributed by atoms with Gasteiger partial charge in [0.15, 0.2) is 11.5 Å². The molecule has 0 radical (unpaired) electrons. The summed E-state index contributed by atoms with van der Waals surface area (Å²) in [6.45, 7) is 2.96. The van der Waals surface area contributed by atoms with Crippen LogP contribution in [0, 0.1) is 0 Å². The Kier molecular flexibility index (Phi) is 6.29. The Labute approximate surface area is 188 Å². The third-order valence-corrected chi connectivity index (χ3v) is 5.72. The van der Waals surface area contributed by atoms with Gasteiger partial charge in [0, 0.05) is 24.0 Å². The number of pyridine rings is 1. The maximum atomic E-state index is 13.2. The second-order valence-corrected chi connectivity index (χ2v) is 8.13. The van der Waals surface area contributed by atoms with Crippen LogP contribution in [0.4, 0.5) is 13.2 Å². The molecule has 2 N–H and O–H groups in total. The van der Waals surface area contributed by atoms with Gasteiger partial charge < -0.3 is 19.8 Å². The fourth-order valence-corrected chi connectivity index (χ4v) is 4.03. The van der Waals surface area contributed by atoms with Crippen LogP contribution in [0.25, 0.3) is 22.4 Å². The lowest BCUT2D eigenvalue weighted by atomic mass is 10.1. The molecule has 1 amide bonds. The smallest absolute Gasteiger partial charge is 0.433 e. The monoisotopic (exact) mass is 462 g/mol. The Hall–Kier alpha value is -3.14. The number of hydrogen-bond donors (Lipinski definition) is 1. The molecule has 3 aromatic rings. The van der Waals surface area contributed by atoms with Crippen LogP contribution in [0.1, 0.15) is 60.6 Å². The van der Waals surface area contributed by atoms with Crippen LogP contribution < -0.4 is 10.5 Å². The number of alkyl halides is 3. The molecule has 1 aromatic carbocycles. The zero-order chi connectivity index (χ0) is 23.8. The lowest BCUT2D eigenvalue weighted by molar-refractivity contribution is -0.140. The molecule has 10 heteroatoms. The summed E-state index contributed by atoms with van der Waals surface area (Å²) in [5.41, 5.74) is 5.57. The number of methoxy groups -OCH3 is 1. The predicted octanol–water partition coefficient (Wildman–Crippen LogP) is 4.95. The number of hydrogen-bond acceptors (Lipinski definition) is 6. The molecule has 0 saturated carbocycles. The lowest BCUT2D eigenvalue weighted by Crippen LogP contribution is -2.33. The van der Waals surface area contributed by atoms with Crippen molar-refractivity contribution < 1.29 is 27.1 Å². The number of nitrogens with zero attached hydrogens (tertiary/aromatic N) is 3. The van der Waals surface area contributed by atoms with Gasteiger partial charge in [0.05, 0.1) is 13.2 Å². The molecule has 2 aromatic heterocycles. The first-order valence-corrected chi connectivity index (χ1v) is 10.8. The van der Waals surface area contributed by atoms with Crippen LogP contribution in [0.15, 0.2) is 28.7 Å². The Morgan fingerprint density at radius 1 is 1.12 bits per heavy atom. The Morgan fingerprint density at radius 2 is 1.82 bits per heavy atom. The number of nitrogens with two attached hydrogens (primary N) is 1. The number of amides is 1. The van der Waals surface area contributed by atoms with E-state index in [1.165, 1.54) is 19.2 Å². The van der Waals surface area contributed by atoms with Crippen molar-refractivity contribution in [3.63, 3.8) is 0 Å². The van der Waals surface area contributed by atoms with Crippen molar-refractivity contribution in [1.82, 2.24) is 14.9 Å². The number of carbonyl (C=O) groups excluding carboxylic acids is 1. The molecule has 0 aliphatic carbocycles. The van der Waals surface area contributed by atoms with Gasteiger partial charge in [0.25, 0.3) is 5.91 Å². The lowest BCUT2D eigenvalue weighted by Gasteiger charge is -2.19. The highest BCUT2D eigenvalue weighted by molar-refractivity contribution is 5.98. The van der Waals surface area contributed by atoms with Crippen molar-refractivity contribution in [3.8, 4) is 17.2 Å². The minimum atomic E-state index is -4.60. The quantitative estimate of drug-likeness (QED) is 0.589. The number of halogens is 3. The summed E-state index contributed by atoms with van der Waals surface area (Å²) >= 11 is 0. The highest BCUT2D eigenvalue weighted by Gasteiger charge is 2.33. The summed E-state index contributed by atoms with van der Waals surface area (Å²) < 4.78 is 50.8. The van der Waals surface area contributed by atoms with Crippen molar-refractivity contribution in [2.75, 3.05) is 20.2 Å². The van der Waals surface area contributed by atoms with Crippen LogP contribution in [0.5, 0.6) is 5.75 Å². The topological polar surface area (TPSA) is 94.5 Å². The number of aromatic nitrogens is 2. The van der Waals surface area contributed by atoms with Crippen molar-refractivity contribution in [1.29, 1.82) is 0 Å². The van der Waals surface area contributed by atoms with Crippen molar-refractivity contribution in [2.24, 2.45) is 5.73 Å². The van der Waals surface area contributed by atoms with E-state index in [4.69, 9.17) is 14.9 Å². The Morgan fingerprint density at radius 3 is 2.42 bits per heavy atom. The number of fused-ring (bicyclic) bond motifs is 1. The number of benzene rings is 1. The van der Waals surface area contributed by atoms with Crippen LogP contribution in [-0.4, -0.2) is 41.0 Å². The van der Waals surface area contributed by atoms with E-state index in [1.807, 2.05) is 0 Å². The Bertz CT molecular complexity index is 1170. The number of oxazole rings is 1. The van der Waals surface area contributed by atoms with Crippen LogP contribution in [0.3, 0.4) is 0 Å². The van der Waals surface area contributed by atoms with Gasteiger partial charge in [-0.1, -0.05) is 12.8 Å². The van der Waals surface area contributed by atoms with E-state index in [2.05, 4.69) is 9.97 Å². The summed E-state index contributed by atoms with van der Waals surface area (Å²) in [6.07, 6.45) is -0.634. The molecule has 3 heterocycles. The highest BCUT2D eigenvalue weighted by atomic mass is 19.4. The van der Waals surface area contributed by atoms with Crippen LogP contribution in [-0.2, 0) is 6.18 Å². The average molecular weight is 462 g/mol. The number of rotatable bonds is 4.